The molecule has 0 atom stereocenters. The predicted molar refractivity (Wildman–Crippen MR) is 61.8 cm³/mol. The standard InChI is InChI=1S/C10H13NO5S/c1-6-4-8(11-7(2)12)9(16-3)5-10(6)17(13,14)15/h4-5H,1-3H3,(H,11,12)(H,13,14,15). The molecule has 0 aliphatic rings. The van der Waals surface area contributed by atoms with Gasteiger partial charge in [0.1, 0.15) is 10.6 Å². The van der Waals surface area contributed by atoms with Crippen LogP contribution in [0.1, 0.15) is 12.5 Å². The molecule has 0 unspecified atom stereocenters. The van der Waals surface area contributed by atoms with Gasteiger partial charge >= 0.3 is 0 Å². The van der Waals surface area contributed by atoms with E-state index in [1.807, 2.05) is 0 Å². The Morgan fingerprint density at radius 1 is 1.41 bits per heavy atom. The van der Waals surface area contributed by atoms with Gasteiger partial charge in [-0.2, -0.15) is 8.42 Å². The summed E-state index contributed by atoms with van der Waals surface area (Å²) in [4.78, 5) is 10.7. The molecule has 0 aromatic heterocycles. The fourth-order valence-corrected chi connectivity index (χ4v) is 2.13. The Morgan fingerprint density at radius 2 is 2.00 bits per heavy atom. The van der Waals surface area contributed by atoms with Gasteiger partial charge in [0.05, 0.1) is 12.8 Å². The van der Waals surface area contributed by atoms with Crippen LogP contribution in [0.2, 0.25) is 0 Å². The first kappa shape index (κ1) is 13.5. The van der Waals surface area contributed by atoms with Crippen LogP contribution in [0.15, 0.2) is 17.0 Å². The Labute approximate surface area is 99.3 Å². The van der Waals surface area contributed by atoms with E-state index in [1.54, 1.807) is 0 Å². The minimum Gasteiger partial charge on any atom is -0.495 e. The number of ether oxygens (including phenoxy) is 1. The SMILES string of the molecule is COc1cc(S(=O)(=O)O)c(C)cc1NC(C)=O. The van der Waals surface area contributed by atoms with Crippen molar-refractivity contribution in [1.82, 2.24) is 0 Å². The number of anilines is 1. The summed E-state index contributed by atoms with van der Waals surface area (Å²) in [6.45, 7) is 2.83. The molecule has 7 heteroatoms. The first-order valence-electron chi connectivity index (χ1n) is 4.69. The number of hydrogen-bond donors (Lipinski definition) is 2. The van der Waals surface area contributed by atoms with E-state index in [2.05, 4.69) is 5.32 Å². The Hall–Kier alpha value is -1.60. The van der Waals surface area contributed by atoms with Gasteiger partial charge in [-0.05, 0) is 18.6 Å². The maximum absolute atomic E-state index is 11.1. The number of rotatable bonds is 3. The van der Waals surface area contributed by atoms with Crippen LogP contribution in [0.5, 0.6) is 5.75 Å². The third kappa shape index (κ3) is 3.18. The molecule has 0 aliphatic heterocycles. The van der Waals surface area contributed by atoms with Crippen molar-refractivity contribution in [1.29, 1.82) is 0 Å². The zero-order chi connectivity index (χ0) is 13.2. The summed E-state index contributed by atoms with van der Waals surface area (Å²) in [7, 11) is -2.97. The second-order valence-electron chi connectivity index (χ2n) is 3.47. The number of amides is 1. The van der Waals surface area contributed by atoms with Crippen LogP contribution >= 0.6 is 0 Å². The van der Waals surface area contributed by atoms with Crippen LogP contribution in [0.3, 0.4) is 0 Å². The molecule has 6 nitrogen and oxygen atoms in total. The van der Waals surface area contributed by atoms with E-state index >= 15 is 0 Å². The van der Waals surface area contributed by atoms with Crippen molar-refractivity contribution in [3.8, 4) is 5.75 Å². The van der Waals surface area contributed by atoms with Crippen LogP contribution in [0.4, 0.5) is 5.69 Å². The van der Waals surface area contributed by atoms with Gasteiger partial charge in [0.2, 0.25) is 5.91 Å². The van der Waals surface area contributed by atoms with E-state index < -0.39 is 10.1 Å². The van der Waals surface area contributed by atoms with Crippen molar-refractivity contribution in [2.24, 2.45) is 0 Å². The molecule has 1 amide bonds. The number of aryl methyl sites for hydroxylation is 1. The third-order valence-electron chi connectivity index (χ3n) is 2.09. The molecule has 1 aromatic carbocycles. The molecule has 1 aromatic rings. The summed E-state index contributed by atoms with van der Waals surface area (Å²) < 4.78 is 36.1. The molecular formula is C10H13NO5S. The van der Waals surface area contributed by atoms with Gasteiger partial charge in [-0.15, -0.1) is 0 Å². The molecule has 94 valence electrons. The Bertz CT molecular complexity index is 550. The monoisotopic (exact) mass is 259 g/mol. The second kappa shape index (κ2) is 4.72. The number of hydrogen-bond acceptors (Lipinski definition) is 4. The van der Waals surface area contributed by atoms with Crippen molar-refractivity contribution in [3.63, 3.8) is 0 Å². The average Bonchev–Trinajstić information content (AvgIpc) is 2.14. The van der Waals surface area contributed by atoms with E-state index in [1.165, 1.54) is 27.0 Å². The zero-order valence-electron chi connectivity index (χ0n) is 9.64. The summed E-state index contributed by atoms with van der Waals surface area (Å²) in [6.07, 6.45) is 0. The molecule has 0 bridgehead atoms. The molecule has 17 heavy (non-hydrogen) atoms. The van der Waals surface area contributed by atoms with Gasteiger partial charge in [-0.1, -0.05) is 0 Å². The molecule has 1 rings (SSSR count). The molecule has 0 heterocycles. The molecule has 0 aliphatic carbocycles. The zero-order valence-corrected chi connectivity index (χ0v) is 10.5. The fourth-order valence-electron chi connectivity index (χ4n) is 1.40. The molecule has 0 fully saturated rings. The fraction of sp³-hybridized carbons (Fsp3) is 0.300. The van der Waals surface area contributed by atoms with E-state index in [4.69, 9.17) is 9.29 Å². The van der Waals surface area contributed by atoms with Crippen LogP contribution in [-0.2, 0) is 14.9 Å². The maximum atomic E-state index is 11.1. The molecule has 0 radical (unpaired) electrons. The summed E-state index contributed by atoms with van der Waals surface area (Å²) >= 11 is 0. The third-order valence-corrected chi connectivity index (χ3v) is 3.08. The predicted octanol–water partition coefficient (Wildman–Crippen LogP) is 1.21. The van der Waals surface area contributed by atoms with Crippen molar-refractivity contribution in [2.75, 3.05) is 12.4 Å². The molecule has 0 spiro atoms. The number of nitrogens with one attached hydrogen (secondary N) is 1. The van der Waals surface area contributed by atoms with Crippen molar-refractivity contribution < 1.29 is 22.5 Å². The highest BCUT2D eigenvalue weighted by Gasteiger charge is 2.17. The smallest absolute Gasteiger partial charge is 0.294 e. The van der Waals surface area contributed by atoms with Gasteiger partial charge in [0.25, 0.3) is 10.1 Å². The summed E-state index contributed by atoms with van der Waals surface area (Å²) in [5, 5.41) is 2.50. The van der Waals surface area contributed by atoms with Crippen LogP contribution in [-0.4, -0.2) is 26.0 Å². The Kier molecular flexibility index (Phi) is 3.74. The molecule has 0 saturated heterocycles. The Balaban J connectivity index is 3.40. The second-order valence-corrected chi connectivity index (χ2v) is 4.86. The van der Waals surface area contributed by atoms with E-state index in [0.717, 1.165) is 6.07 Å². The number of carbonyl (C=O) groups is 1. The van der Waals surface area contributed by atoms with Gasteiger partial charge in [0.15, 0.2) is 0 Å². The highest BCUT2D eigenvalue weighted by molar-refractivity contribution is 7.85. The summed E-state index contributed by atoms with van der Waals surface area (Å²) in [6, 6.07) is 2.58. The normalized spacial score (nSPS) is 11.1. The van der Waals surface area contributed by atoms with Gasteiger partial charge in [-0.25, -0.2) is 0 Å². The lowest BCUT2D eigenvalue weighted by atomic mass is 10.2. The minimum absolute atomic E-state index is 0.165. The lowest BCUT2D eigenvalue weighted by Crippen LogP contribution is -2.09. The number of carbonyl (C=O) groups excluding carboxylic acids is 1. The van der Waals surface area contributed by atoms with Gasteiger partial charge in [-0.3, -0.25) is 9.35 Å². The largest absolute Gasteiger partial charge is 0.495 e. The minimum atomic E-state index is -4.30. The summed E-state index contributed by atoms with van der Waals surface area (Å²) in [5.74, 6) is -0.138. The number of methoxy groups -OCH3 is 1. The van der Waals surface area contributed by atoms with E-state index in [-0.39, 0.29) is 16.6 Å². The summed E-state index contributed by atoms with van der Waals surface area (Å²) in [5.41, 5.74) is 0.668. The first-order chi connectivity index (χ1) is 7.75. The van der Waals surface area contributed by atoms with Crippen molar-refractivity contribution in [3.05, 3.63) is 17.7 Å². The topological polar surface area (TPSA) is 92.7 Å². The molecule has 2 N–H and O–H groups in total. The Morgan fingerprint density at radius 3 is 2.41 bits per heavy atom. The molecule has 0 saturated carbocycles. The lowest BCUT2D eigenvalue weighted by molar-refractivity contribution is -0.114. The number of benzene rings is 1. The maximum Gasteiger partial charge on any atom is 0.294 e. The van der Waals surface area contributed by atoms with Crippen LogP contribution in [0.25, 0.3) is 0 Å². The van der Waals surface area contributed by atoms with E-state index in [0.29, 0.717) is 11.3 Å². The molecular weight excluding hydrogens is 246 g/mol. The first-order valence-corrected chi connectivity index (χ1v) is 6.13. The van der Waals surface area contributed by atoms with Crippen molar-refractivity contribution in [2.45, 2.75) is 18.7 Å². The van der Waals surface area contributed by atoms with Crippen LogP contribution in [0, 0.1) is 6.92 Å². The van der Waals surface area contributed by atoms with Gasteiger partial charge in [0, 0.05) is 13.0 Å². The highest BCUT2D eigenvalue weighted by atomic mass is 32.2. The van der Waals surface area contributed by atoms with Crippen molar-refractivity contribution >= 4 is 21.7 Å². The highest BCUT2D eigenvalue weighted by Crippen LogP contribution is 2.30. The lowest BCUT2D eigenvalue weighted by Gasteiger charge is -2.12. The quantitative estimate of drug-likeness (QED) is 0.796. The van der Waals surface area contributed by atoms with Crippen LogP contribution < -0.4 is 10.1 Å². The van der Waals surface area contributed by atoms with E-state index in [9.17, 15) is 13.2 Å². The van der Waals surface area contributed by atoms with Gasteiger partial charge < -0.3 is 10.1 Å². The average molecular weight is 259 g/mol.